The van der Waals surface area contributed by atoms with E-state index < -0.39 is 18.5 Å². The highest BCUT2D eigenvalue weighted by Crippen LogP contribution is 2.28. The first-order valence-electron chi connectivity index (χ1n) is 6.23. The number of hydrogen-bond acceptors (Lipinski definition) is 3. The maximum absolute atomic E-state index is 11.9. The van der Waals surface area contributed by atoms with Crippen LogP contribution in [-0.4, -0.2) is 54.9 Å². The molecule has 6 nitrogen and oxygen atoms in total. The van der Waals surface area contributed by atoms with Crippen LogP contribution in [0.15, 0.2) is 0 Å². The highest BCUT2D eigenvalue weighted by atomic mass is 16.5. The van der Waals surface area contributed by atoms with E-state index >= 15 is 0 Å². The number of aliphatic carboxylic acids is 1. The van der Waals surface area contributed by atoms with Gasteiger partial charge in [-0.3, -0.25) is 4.79 Å². The highest BCUT2D eigenvalue weighted by Gasteiger charge is 2.28. The van der Waals surface area contributed by atoms with Crippen molar-refractivity contribution in [2.75, 3.05) is 32.8 Å². The molecule has 0 aromatic carbocycles. The van der Waals surface area contributed by atoms with E-state index in [1.807, 2.05) is 0 Å². The lowest BCUT2D eigenvalue weighted by Gasteiger charge is -2.34. The molecule has 106 valence electrons. The van der Waals surface area contributed by atoms with E-state index in [1.165, 1.54) is 0 Å². The molecule has 19 heavy (non-hydrogen) atoms. The first-order valence-corrected chi connectivity index (χ1v) is 6.23. The Morgan fingerprint density at radius 1 is 1.47 bits per heavy atom. The number of nitrogens with one attached hydrogen (secondary N) is 1. The fraction of sp³-hybridized carbons (Fsp3) is 0.692. The Labute approximate surface area is 113 Å². The standard InChI is InChI=1S/C13H20N2O4/c1-3-6-15(9-11(16)17)12(18)14-10-13(2)4-7-19-8-5-13/h1H,4-10H2,2H3,(H,14,18)(H,16,17). The normalized spacial score (nSPS) is 17.3. The van der Waals surface area contributed by atoms with E-state index in [-0.39, 0.29) is 12.0 Å². The topological polar surface area (TPSA) is 78.9 Å². The van der Waals surface area contributed by atoms with E-state index in [0.717, 1.165) is 17.7 Å². The Hall–Kier alpha value is -1.74. The Morgan fingerprint density at radius 2 is 2.11 bits per heavy atom. The molecule has 0 saturated carbocycles. The molecule has 0 aromatic rings. The molecule has 2 N–H and O–H groups in total. The molecule has 1 aliphatic rings. The number of rotatable bonds is 5. The zero-order valence-corrected chi connectivity index (χ0v) is 11.1. The van der Waals surface area contributed by atoms with Crippen molar-refractivity contribution >= 4 is 12.0 Å². The number of amides is 2. The Balaban J connectivity index is 2.47. The molecule has 6 heteroatoms. The third kappa shape index (κ3) is 5.18. The van der Waals surface area contributed by atoms with Crippen LogP contribution in [-0.2, 0) is 9.53 Å². The van der Waals surface area contributed by atoms with Crippen LogP contribution in [0.4, 0.5) is 4.79 Å². The molecule has 0 atom stereocenters. The fourth-order valence-electron chi connectivity index (χ4n) is 1.91. The average molecular weight is 268 g/mol. The predicted octanol–water partition coefficient (Wildman–Crippen LogP) is 0.532. The number of carboxylic acids is 1. The lowest BCUT2D eigenvalue weighted by atomic mass is 9.82. The van der Waals surface area contributed by atoms with Gasteiger partial charge in [0.25, 0.3) is 0 Å². The number of nitrogens with zero attached hydrogens (tertiary/aromatic N) is 1. The Bertz CT molecular complexity index is 369. The number of terminal acetylenes is 1. The lowest BCUT2D eigenvalue weighted by Crippen LogP contribution is -2.47. The van der Waals surface area contributed by atoms with Gasteiger partial charge in [0, 0.05) is 19.8 Å². The van der Waals surface area contributed by atoms with Crippen LogP contribution in [0.5, 0.6) is 0 Å². The van der Waals surface area contributed by atoms with Crippen LogP contribution in [0.3, 0.4) is 0 Å². The third-order valence-corrected chi connectivity index (χ3v) is 3.26. The van der Waals surface area contributed by atoms with Crippen molar-refractivity contribution in [3.05, 3.63) is 0 Å². The quantitative estimate of drug-likeness (QED) is 0.713. The molecule has 2 amide bonds. The van der Waals surface area contributed by atoms with Crippen LogP contribution in [0.2, 0.25) is 0 Å². The number of carbonyl (C=O) groups is 2. The molecule has 0 spiro atoms. The van der Waals surface area contributed by atoms with Gasteiger partial charge in [0.2, 0.25) is 0 Å². The molecular formula is C13H20N2O4. The van der Waals surface area contributed by atoms with Crippen LogP contribution < -0.4 is 5.32 Å². The minimum absolute atomic E-state index is 0.00104. The summed E-state index contributed by atoms with van der Waals surface area (Å²) >= 11 is 0. The summed E-state index contributed by atoms with van der Waals surface area (Å²) in [5.41, 5.74) is -0.00104. The molecule has 1 aliphatic heterocycles. The summed E-state index contributed by atoms with van der Waals surface area (Å²) < 4.78 is 5.28. The largest absolute Gasteiger partial charge is 0.480 e. The van der Waals surface area contributed by atoms with E-state index in [1.54, 1.807) is 0 Å². The smallest absolute Gasteiger partial charge is 0.323 e. The van der Waals surface area contributed by atoms with Gasteiger partial charge in [0.1, 0.15) is 6.54 Å². The maximum Gasteiger partial charge on any atom is 0.323 e. The van der Waals surface area contributed by atoms with Crippen LogP contribution in [0.25, 0.3) is 0 Å². The summed E-state index contributed by atoms with van der Waals surface area (Å²) in [5.74, 6) is 1.20. The van der Waals surface area contributed by atoms with Gasteiger partial charge in [-0.15, -0.1) is 6.42 Å². The van der Waals surface area contributed by atoms with Crippen LogP contribution >= 0.6 is 0 Å². The summed E-state index contributed by atoms with van der Waals surface area (Å²) in [5, 5.41) is 11.5. The van der Waals surface area contributed by atoms with Gasteiger partial charge in [-0.05, 0) is 18.3 Å². The Kier molecular flexibility index (Phi) is 5.64. The summed E-state index contributed by atoms with van der Waals surface area (Å²) in [6.07, 6.45) is 6.88. The zero-order valence-electron chi connectivity index (χ0n) is 11.1. The van der Waals surface area contributed by atoms with Gasteiger partial charge in [-0.2, -0.15) is 0 Å². The Morgan fingerprint density at radius 3 is 2.63 bits per heavy atom. The lowest BCUT2D eigenvalue weighted by molar-refractivity contribution is -0.137. The van der Waals surface area contributed by atoms with Crippen molar-refractivity contribution in [3.8, 4) is 12.3 Å². The summed E-state index contributed by atoms with van der Waals surface area (Å²) in [4.78, 5) is 23.6. The van der Waals surface area contributed by atoms with Crippen molar-refractivity contribution in [3.63, 3.8) is 0 Å². The van der Waals surface area contributed by atoms with Crippen molar-refractivity contribution in [1.82, 2.24) is 10.2 Å². The monoisotopic (exact) mass is 268 g/mol. The minimum Gasteiger partial charge on any atom is -0.480 e. The fourth-order valence-corrected chi connectivity index (χ4v) is 1.91. The summed E-state index contributed by atoms with van der Waals surface area (Å²) in [7, 11) is 0. The molecule has 1 heterocycles. The second-order valence-corrected chi connectivity index (χ2v) is 5.04. The van der Waals surface area contributed by atoms with Crippen molar-refractivity contribution in [2.24, 2.45) is 5.41 Å². The van der Waals surface area contributed by atoms with Crippen molar-refractivity contribution < 1.29 is 19.4 Å². The van der Waals surface area contributed by atoms with Gasteiger partial charge in [-0.1, -0.05) is 12.8 Å². The van der Waals surface area contributed by atoms with Gasteiger partial charge in [-0.25, -0.2) is 4.79 Å². The van der Waals surface area contributed by atoms with Gasteiger partial charge in [0.15, 0.2) is 0 Å². The molecule has 1 fully saturated rings. The zero-order chi connectivity index (χ0) is 14.3. The molecular weight excluding hydrogens is 248 g/mol. The van der Waals surface area contributed by atoms with Crippen molar-refractivity contribution in [2.45, 2.75) is 19.8 Å². The summed E-state index contributed by atoms with van der Waals surface area (Å²) in [6, 6.07) is -0.437. The van der Waals surface area contributed by atoms with E-state index in [2.05, 4.69) is 18.2 Å². The number of carbonyl (C=O) groups excluding carboxylic acids is 1. The van der Waals surface area contributed by atoms with E-state index in [4.69, 9.17) is 16.3 Å². The molecule has 0 aromatic heterocycles. The second kappa shape index (κ2) is 7.00. The van der Waals surface area contributed by atoms with Gasteiger partial charge >= 0.3 is 12.0 Å². The molecule has 1 rings (SSSR count). The molecule has 0 radical (unpaired) electrons. The van der Waals surface area contributed by atoms with Gasteiger partial charge < -0.3 is 20.1 Å². The van der Waals surface area contributed by atoms with Crippen LogP contribution in [0, 0.1) is 17.8 Å². The van der Waals surface area contributed by atoms with E-state index in [0.29, 0.717) is 19.8 Å². The minimum atomic E-state index is -1.08. The number of hydrogen-bond donors (Lipinski definition) is 2. The SMILES string of the molecule is C#CCN(CC(=O)O)C(=O)NCC1(C)CCOCC1. The molecule has 0 unspecified atom stereocenters. The molecule has 1 saturated heterocycles. The number of carboxylic acid groups (broad SMARTS) is 1. The summed E-state index contributed by atoms with van der Waals surface area (Å²) in [6.45, 7) is 3.55. The average Bonchev–Trinajstić information content (AvgIpc) is 2.36. The third-order valence-electron chi connectivity index (χ3n) is 3.26. The maximum atomic E-state index is 11.9. The van der Waals surface area contributed by atoms with Crippen molar-refractivity contribution in [1.29, 1.82) is 0 Å². The van der Waals surface area contributed by atoms with Gasteiger partial charge in [0.05, 0.1) is 6.54 Å². The first-order chi connectivity index (χ1) is 8.97. The van der Waals surface area contributed by atoms with E-state index in [9.17, 15) is 9.59 Å². The van der Waals surface area contributed by atoms with Crippen LogP contribution in [0.1, 0.15) is 19.8 Å². The molecule has 0 aliphatic carbocycles. The second-order valence-electron chi connectivity index (χ2n) is 5.04. The number of ether oxygens (including phenoxy) is 1. The number of urea groups is 1. The predicted molar refractivity (Wildman–Crippen MR) is 69.6 cm³/mol. The molecule has 0 bridgehead atoms. The highest BCUT2D eigenvalue weighted by molar-refractivity contribution is 5.80. The first kappa shape index (κ1) is 15.3.